The molecule has 2 aromatic carbocycles. The zero-order valence-corrected chi connectivity index (χ0v) is 19.7. The third kappa shape index (κ3) is 5.90. The third-order valence-electron chi connectivity index (χ3n) is 5.13. The van der Waals surface area contributed by atoms with E-state index in [0.717, 1.165) is 22.3 Å². The van der Waals surface area contributed by atoms with E-state index < -0.39 is 6.04 Å². The first kappa shape index (κ1) is 25.4. The van der Waals surface area contributed by atoms with Crippen LogP contribution < -0.4 is 10.6 Å². The number of amides is 1. The van der Waals surface area contributed by atoms with E-state index in [9.17, 15) is 4.79 Å². The van der Waals surface area contributed by atoms with Crippen molar-refractivity contribution in [2.24, 2.45) is 5.73 Å². The van der Waals surface area contributed by atoms with Crippen LogP contribution in [0.4, 0.5) is 5.82 Å². The number of piperazine rings is 1. The lowest BCUT2D eigenvalue weighted by atomic mass is 10.1. The van der Waals surface area contributed by atoms with Gasteiger partial charge in [-0.05, 0) is 47.9 Å². The Hall–Kier alpha value is -1.83. The van der Waals surface area contributed by atoms with Crippen LogP contribution in [0.25, 0.3) is 10.9 Å². The van der Waals surface area contributed by atoms with Crippen molar-refractivity contribution >= 4 is 70.6 Å². The molecule has 2 N–H and O–H groups in total. The molecule has 1 saturated heterocycles. The number of carbonyl (C=O) groups excluding carboxylic acids is 1. The van der Waals surface area contributed by atoms with E-state index in [1.807, 2.05) is 53.4 Å². The van der Waals surface area contributed by atoms with Crippen molar-refractivity contribution in [2.75, 3.05) is 31.1 Å². The standard InChI is InChI=1S/C21H21Cl2N5O.2ClH/c22-15-7-5-14(6-8-15)13-17(24)20(29)28-11-9-27(10-12-28)19-16-3-1-2-4-18(16)25-21(23)26-19;;/h1-8,17H,9-13,24H2;2*1H/t17-;;/m1../s1. The molecule has 3 aromatic rings. The summed E-state index contributed by atoms with van der Waals surface area (Å²) in [5, 5.41) is 1.85. The molecule has 0 bridgehead atoms. The highest BCUT2D eigenvalue weighted by molar-refractivity contribution is 6.30. The summed E-state index contributed by atoms with van der Waals surface area (Å²) in [5.74, 6) is 0.767. The van der Waals surface area contributed by atoms with Crippen LogP contribution >= 0.6 is 48.0 Å². The zero-order chi connectivity index (χ0) is 20.4. The van der Waals surface area contributed by atoms with E-state index in [-0.39, 0.29) is 36.0 Å². The number of nitrogens with zero attached hydrogens (tertiary/aromatic N) is 4. The number of halogens is 4. The summed E-state index contributed by atoms with van der Waals surface area (Å²) >= 11 is 12.0. The van der Waals surface area contributed by atoms with Gasteiger partial charge in [-0.25, -0.2) is 4.98 Å². The number of nitrogens with two attached hydrogens (primary N) is 1. The van der Waals surface area contributed by atoms with Gasteiger partial charge in [-0.2, -0.15) is 4.98 Å². The fourth-order valence-electron chi connectivity index (χ4n) is 3.61. The summed E-state index contributed by atoms with van der Waals surface area (Å²) in [6.07, 6.45) is 0.488. The molecule has 6 nitrogen and oxygen atoms in total. The number of aromatic nitrogens is 2. The van der Waals surface area contributed by atoms with E-state index in [1.165, 1.54) is 0 Å². The fourth-order valence-corrected chi connectivity index (χ4v) is 3.91. The molecule has 166 valence electrons. The first-order valence-electron chi connectivity index (χ1n) is 9.47. The van der Waals surface area contributed by atoms with Crippen LogP contribution in [0.2, 0.25) is 10.3 Å². The number of carbonyl (C=O) groups is 1. The molecule has 1 amide bonds. The van der Waals surface area contributed by atoms with E-state index in [1.54, 1.807) is 0 Å². The molecule has 0 radical (unpaired) electrons. The number of rotatable bonds is 4. The molecule has 0 spiro atoms. The molecule has 1 atom stereocenters. The van der Waals surface area contributed by atoms with Gasteiger partial charge < -0.3 is 15.5 Å². The van der Waals surface area contributed by atoms with Crippen LogP contribution in [0, 0.1) is 0 Å². The Balaban J connectivity index is 0.00000171. The monoisotopic (exact) mass is 501 g/mol. The number of hydrogen-bond acceptors (Lipinski definition) is 5. The smallest absolute Gasteiger partial charge is 0.239 e. The maximum absolute atomic E-state index is 12.8. The maximum atomic E-state index is 12.8. The molecule has 2 heterocycles. The molecule has 31 heavy (non-hydrogen) atoms. The Morgan fingerprint density at radius 3 is 2.29 bits per heavy atom. The number of para-hydroxylation sites is 1. The zero-order valence-electron chi connectivity index (χ0n) is 16.6. The van der Waals surface area contributed by atoms with Crippen LogP contribution in [-0.4, -0.2) is 53.0 Å². The van der Waals surface area contributed by atoms with Gasteiger partial charge in [-0.1, -0.05) is 35.9 Å². The van der Waals surface area contributed by atoms with Gasteiger partial charge in [0.1, 0.15) is 5.82 Å². The van der Waals surface area contributed by atoms with Gasteiger partial charge in [-0.15, -0.1) is 24.8 Å². The topological polar surface area (TPSA) is 75.4 Å². The van der Waals surface area contributed by atoms with Crippen LogP contribution in [0.1, 0.15) is 5.56 Å². The van der Waals surface area contributed by atoms with E-state index in [4.69, 9.17) is 28.9 Å². The highest BCUT2D eigenvalue weighted by Gasteiger charge is 2.27. The molecule has 1 aromatic heterocycles. The van der Waals surface area contributed by atoms with Gasteiger partial charge in [-0.3, -0.25) is 4.79 Å². The summed E-state index contributed by atoms with van der Waals surface area (Å²) in [7, 11) is 0. The second-order valence-electron chi connectivity index (χ2n) is 7.08. The SMILES string of the molecule is Cl.Cl.N[C@H](Cc1ccc(Cl)cc1)C(=O)N1CCN(c2nc(Cl)nc3ccccc23)CC1. The fraction of sp³-hybridized carbons (Fsp3) is 0.286. The Labute approximate surface area is 203 Å². The highest BCUT2D eigenvalue weighted by atomic mass is 35.5. The molecular formula is C21H23Cl4N5O. The summed E-state index contributed by atoms with van der Waals surface area (Å²) in [4.78, 5) is 25.5. The van der Waals surface area contributed by atoms with Crippen molar-refractivity contribution in [3.05, 3.63) is 64.4 Å². The number of anilines is 1. The minimum atomic E-state index is -0.572. The molecule has 10 heteroatoms. The van der Waals surface area contributed by atoms with Crippen molar-refractivity contribution in [3.8, 4) is 0 Å². The maximum Gasteiger partial charge on any atom is 0.239 e. The molecule has 0 aliphatic carbocycles. The second kappa shape index (κ2) is 11.2. The van der Waals surface area contributed by atoms with Crippen LogP contribution in [0.15, 0.2) is 48.5 Å². The summed E-state index contributed by atoms with van der Waals surface area (Å²) in [6.45, 7) is 2.50. The first-order chi connectivity index (χ1) is 14.0. The van der Waals surface area contributed by atoms with Crippen LogP contribution in [0.3, 0.4) is 0 Å². The summed E-state index contributed by atoms with van der Waals surface area (Å²) in [5.41, 5.74) is 7.99. The Kier molecular flexibility index (Phi) is 9.15. The summed E-state index contributed by atoms with van der Waals surface area (Å²) in [6, 6.07) is 14.6. The lowest BCUT2D eigenvalue weighted by Crippen LogP contribution is -2.53. The average molecular weight is 503 g/mol. The number of hydrogen-bond donors (Lipinski definition) is 1. The molecule has 0 unspecified atom stereocenters. The van der Waals surface area contributed by atoms with Crippen molar-refractivity contribution < 1.29 is 4.79 Å². The van der Waals surface area contributed by atoms with Crippen LogP contribution in [-0.2, 0) is 11.2 Å². The molecule has 1 aliphatic heterocycles. The molecular weight excluding hydrogens is 480 g/mol. The minimum absolute atomic E-state index is 0. The lowest BCUT2D eigenvalue weighted by Gasteiger charge is -2.36. The van der Waals surface area contributed by atoms with Crippen LogP contribution in [0.5, 0.6) is 0 Å². The first-order valence-corrected chi connectivity index (χ1v) is 10.2. The van der Waals surface area contributed by atoms with E-state index >= 15 is 0 Å². The van der Waals surface area contributed by atoms with Crippen molar-refractivity contribution in [2.45, 2.75) is 12.5 Å². The Bertz CT molecular complexity index is 1030. The van der Waals surface area contributed by atoms with Gasteiger partial charge in [0.05, 0.1) is 11.6 Å². The number of benzene rings is 2. The third-order valence-corrected chi connectivity index (χ3v) is 5.55. The van der Waals surface area contributed by atoms with Gasteiger partial charge in [0.2, 0.25) is 11.2 Å². The number of fused-ring (bicyclic) bond motifs is 1. The normalized spacial score (nSPS) is 14.5. The van der Waals surface area contributed by atoms with Crippen molar-refractivity contribution in [1.29, 1.82) is 0 Å². The predicted molar refractivity (Wildman–Crippen MR) is 131 cm³/mol. The molecule has 0 saturated carbocycles. The van der Waals surface area contributed by atoms with Gasteiger partial charge in [0.15, 0.2) is 0 Å². The molecule has 4 rings (SSSR count). The van der Waals surface area contributed by atoms with Gasteiger partial charge >= 0.3 is 0 Å². The van der Waals surface area contributed by atoms with Crippen molar-refractivity contribution in [1.82, 2.24) is 14.9 Å². The largest absolute Gasteiger partial charge is 0.352 e. The average Bonchev–Trinajstić information content (AvgIpc) is 2.74. The molecule has 1 fully saturated rings. The second-order valence-corrected chi connectivity index (χ2v) is 7.86. The van der Waals surface area contributed by atoms with Crippen molar-refractivity contribution in [3.63, 3.8) is 0 Å². The highest BCUT2D eigenvalue weighted by Crippen LogP contribution is 2.26. The quantitative estimate of drug-likeness (QED) is 0.545. The van der Waals surface area contributed by atoms with E-state index in [2.05, 4.69) is 14.9 Å². The van der Waals surface area contributed by atoms with Gasteiger partial charge in [0.25, 0.3) is 0 Å². The summed E-state index contributed by atoms with van der Waals surface area (Å²) < 4.78 is 0. The van der Waals surface area contributed by atoms with E-state index in [0.29, 0.717) is 37.6 Å². The Morgan fingerprint density at radius 2 is 1.61 bits per heavy atom. The lowest BCUT2D eigenvalue weighted by molar-refractivity contribution is -0.132. The Morgan fingerprint density at radius 1 is 0.968 bits per heavy atom. The molecule has 1 aliphatic rings. The van der Waals surface area contributed by atoms with Gasteiger partial charge in [0, 0.05) is 36.6 Å². The minimum Gasteiger partial charge on any atom is -0.352 e. The predicted octanol–water partition coefficient (Wildman–Crippen LogP) is 4.00.